The molecule has 0 atom stereocenters. The summed E-state index contributed by atoms with van der Waals surface area (Å²) < 4.78 is 4.82. The van der Waals surface area contributed by atoms with E-state index < -0.39 is 6.09 Å². The second kappa shape index (κ2) is 8.67. The Labute approximate surface area is 167 Å². The number of thiazole rings is 1. The minimum Gasteiger partial charge on any atom is -0.450 e. The van der Waals surface area contributed by atoms with Crippen LogP contribution in [0.5, 0.6) is 0 Å². The van der Waals surface area contributed by atoms with Gasteiger partial charge in [0.2, 0.25) is 0 Å². The molecule has 0 saturated heterocycles. The van der Waals surface area contributed by atoms with Gasteiger partial charge in [-0.05, 0) is 50.6 Å². The Morgan fingerprint density at radius 3 is 2.50 bits per heavy atom. The molecule has 0 bridgehead atoms. The number of hydrogen-bond donors (Lipinski definition) is 2. The third-order valence-electron chi connectivity index (χ3n) is 4.05. The van der Waals surface area contributed by atoms with Crippen molar-refractivity contribution in [1.82, 2.24) is 4.98 Å². The first kappa shape index (κ1) is 19.6. The van der Waals surface area contributed by atoms with Crippen molar-refractivity contribution < 1.29 is 14.3 Å². The van der Waals surface area contributed by atoms with E-state index in [4.69, 9.17) is 4.74 Å². The van der Waals surface area contributed by atoms with Gasteiger partial charge in [0.15, 0.2) is 5.13 Å². The standard InChI is InChI=1S/C21H21N3O3S/c1-4-27-21(26)22-16-8-6-15(7-9-16)19(25)24-20-23-18(12-28-20)17-10-5-13(2)11-14(17)3/h5-12H,4H2,1-3H3,(H,22,26)(H,23,24,25). The van der Waals surface area contributed by atoms with Crippen LogP contribution < -0.4 is 10.6 Å². The van der Waals surface area contributed by atoms with E-state index in [-0.39, 0.29) is 5.91 Å². The lowest BCUT2D eigenvalue weighted by molar-refractivity contribution is 0.102. The summed E-state index contributed by atoms with van der Waals surface area (Å²) in [7, 11) is 0. The Hall–Kier alpha value is -3.19. The molecule has 0 radical (unpaired) electrons. The van der Waals surface area contributed by atoms with Crippen molar-refractivity contribution in [2.45, 2.75) is 20.8 Å². The van der Waals surface area contributed by atoms with Crippen molar-refractivity contribution in [1.29, 1.82) is 0 Å². The Morgan fingerprint density at radius 2 is 1.82 bits per heavy atom. The van der Waals surface area contributed by atoms with Gasteiger partial charge in [0.25, 0.3) is 5.91 Å². The summed E-state index contributed by atoms with van der Waals surface area (Å²) in [5, 5.41) is 7.87. The summed E-state index contributed by atoms with van der Waals surface area (Å²) in [5.74, 6) is -0.260. The number of rotatable bonds is 5. The van der Waals surface area contributed by atoms with Crippen molar-refractivity contribution in [3.8, 4) is 11.3 Å². The van der Waals surface area contributed by atoms with Gasteiger partial charge < -0.3 is 4.74 Å². The maximum atomic E-state index is 12.5. The molecule has 0 aliphatic rings. The molecule has 6 nitrogen and oxygen atoms in total. The van der Waals surface area contributed by atoms with Crippen molar-refractivity contribution in [2.75, 3.05) is 17.2 Å². The number of anilines is 2. The predicted molar refractivity (Wildman–Crippen MR) is 112 cm³/mol. The summed E-state index contributed by atoms with van der Waals surface area (Å²) in [4.78, 5) is 28.4. The number of hydrogen-bond acceptors (Lipinski definition) is 5. The van der Waals surface area contributed by atoms with Crippen LogP contribution in [-0.2, 0) is 4.74 Å². The van der Waals surface area contributed by atoms with Crippen LogP contribution in [0.3, 0.4) is 0 Å². The second-order valence-corrected chi connectivity index (χ2v) is 7.09. The minimum absolute atomic E-state index is 0.260. The molecular weight excluding hydrogens is 374 g/mol. The lowest BCUT2D eigenvalue weighted by atomic mass is 10.0. The van der Waals surface area contributed by atoms with Crippen LogP contribution in [0.25, 0.3) is 11.3 Å². The Balaban J connectivity index is 1.66. The van der Waals surface area contributed by atoms with Gasteiger partial charge in [-0.1, -0.05) is 23.8 Å². The number of aryl methyl sites for hydroxylation is 2. The molecule has 2 aromatic carbocycles. The van der Waals surface area contributed by atoms with Crippen LogP contribution in [0.2, 0.25) is 0 Å². The van der Waals surface area contributed by atoms with Crippen molar-refractivity contribution in [3.63, 3.8) is 0 Å². The highest BCUT2D eigenvalue weighted by Gasteiger charge is 2.12. The monoisotopic (exact) mass is 395 g/mol. The molecule has 144 valence electrons. The first-order valence-corrected chi connectivity index (χ1v) is 9.72. The first-order chi connectivity index (χ1) is 13.5. The van der Waals surface area contributed by atoms with Crippen molar-refractivity contribution in [3.05, 3.63) is 64.5 Å². The number of amides is 2. The van der Waals surface area contributed by atoms with E-state index in [1.165, 1.54) is 16.9 Å². The zero-order chi connectivity index (χ0) is 20.1. The fourth-order valence-corrected chi connectivity index (χ4v) is 3.42. The molecule has 2 N–H and O–H groups in total. The molecule has 0 aliphatic carbocycles. The fraction of sp³-hybridized carbons (Fsp3) is 0.190. The highest BCUT2D eigenvalue weighted by molar-refractivity contribution is 7.14. The normalized spacial score (nSPS) is 10.4. The molecule has 3 aromatic rings. The van der Waals surface area contributed by atoms with Crippen LogP contribution in [-0.4, -0.2) is 23.6 Å². The van der Waals surface area contributed by atoms with Crippen LogP contribution in [0.15, 0.2) is 47.8 Å². The summed E-state index contributed by atoms with van der Waals surface area (Å²) >= 11 is 1.38. The molecule has 3 rings (SSSR count). The zero-order valence-corrected chi connectivity index (χ0v) is 16.7. The molecule has 0 spiro atoms. The smallest absolute Gasteiger partial charge is 0.411 e. The minimum atomic E-state index is -0.526. The van der Waals surface area contributed by atoms with E-state index in [9.17, 15) is 9.59 Å². The summed E-state index contributed by atoms with van der Waals surface area (Å²) in [6.45, 7) is 6.13. The molecule has 2 amide bonds. The van der Waals surface area contributed by atoms with Gasteiger partial charge in [-0.15, -0.1) is 11.3 Å². The molecule has 0 unspecified atom stereocenters. The highest BCUT2D eigenvalue weighted by atomic mass is 32.1. The molecular formula is C21H21N3O3S. The number of carbonyl (C=O) groups excluding carboxylic acids is 2. The van der Waals surface area contributed by atoms with E-state index in [1.54, 1.807) is 31.2 Å². The number of aromatic nitrogens is 1. The molecule has 0 saturated carbocycles. The van der Waals surface area contributed by atoms with E-state index in [1.807, 2.05) is 24.4 Å². The van der Waals surface area contributed by atoms with Gasteiger partial charge in [0.1, 0.15) is 0 Å². The summed E-state index contributed by atoms with van der Waals surface area (Å²) in [6, 6.07) is 12.8. The lowest BCUT2D eigenvalue weighted by Crippen LogP contribution is -2.14. The largest absolute Gasteiger partial charge is 0.450 e. The van der Waals surface area contributed by atoms with Gasteiger partial charge in [0.05, 0.1) is 12.3 Å². The molecule has 1 heterocycles. The molecule has 0 fully saturated rings. The Bertz CT molecular complexity index is 996. The van der Waals surface area contributed by atoms with E-state index in [0.717, 1.165) is 16.8 Å². The van der Waals surface area contributed by atoms with Crippen LogP contribution >= 0.6 is 11.3 Å². The fourth-order valence-electron chi connectivity index (χ4n) is 2.72. The van der Waals surface area contributed by atoms with Gasteiger partial charge in [-0.25, -0.2) is 9.78 Å². The number of benzene rings is 2. The maximum absolute atomic E-state index is 12.5. The number of carbonyl (C=O) groups is 2. The van der Waals surface area contributed by atoms with Crippen LogP contribution in [0, 0.1) is 13.8 Å². The van der Waals surface area contributed by atoms with E-state index >= 15 is 0 Å². The SMILES string of the molecule is CCOC(=O)Nc1ccc(C(=O)Nc2nc(-c3ccc(C)cc3C)cs2)cc1. The number of nitrogens with zero attached hydrogens (tertiary/aromatic N) is 1. The zero-order valence-electron chi connectivity index (χ0n) is 15.9. The van der Waals surface area contributed by atoms with Crippen molar-refractivity contribution in [2.24, 2.45) is 0 Å². The number of nitrogens with one attached hydrogen (secondary N) is 2. The van der Waals surface area contributed by atoms with Gasteiger partial charge in [0, 0.05) is 22.2 Å². The first-order valence-electron chi connectivity index (χ1n) is 8.84. The molecule has 0 aliphatic heterocycles. The van der Waals surface area contributed by atoms with Crippen molar-refractivity contribution >= 4 is 34.2 Å². The van der Waals surface area contributed by atoms with Crippen LogP contribution in [0.1, 0.15) is 28.4 Å². The third-order valence-corrected chi connectivity index (χ3v) is 4.81. The van der Waals surface area contributed by atoms with Crippen LogP contribution in [0.4, 0.5) is 15.6 Å². The number of ether oxygens (including phenoxy) is 1. The second-order valence-electron chi connectivity index (χ2n) is 6.23. The quantitative estimate of drug-likeness (QED) is 0.618. The average Bonchev–Trinajstić information content (AvgIpc) is 3.10. The predicted octanol–water partition coefficient (Wildman–Crippen LogP) is 5.25. The summed E-state index contributed by atoms with van der Waals surface area (Å²) in [5.41, 5.74) is 5.27. The third kappa shape index (κ3) is 4.75. The lowest BCUT2D eigenvalue weighted by Gasteiger charge is -2.06. The van der Waals surface area contributed by atoms with Gasteiger partial charge in [-0.3, -0.25) is 15.4 Å². The summed E-state index contributed by atoms with van der Waals surface area (Å²) in [6.07, 6.45) is -0.526. The average molecular weight is 395 g/mol. The molecule has 1 aromatic heterocycles. The molecule has 28 heavy (non-hydrogen) atoms. The Kier molecular flexibility index (Phi) is 6.06. The van der Waals surface area contributed by atoms with E-state index in [0.29, 0.717) is 23.0 Å². The Morgan fingerprint density at radius 1 is 1.07 bits per heavy atom. The van der Waals surface area contributed by atoms with Gasteiger partial charge >= 0.3 is 6.09 Å². The topological polar surface area (TPSA) is 80.3 Å². The van der Waals surface area contributed by atoms with Gasteiger partial charge in [-0.2, -0.15) is 0 Å². The highest BCUT2D eigenvalue weighted by Crippen LogP contribution is 2.28. The molecule has 7 heteroatoms. The van der Waals surface area contributed by atoms with E-state index in [2.05, 4.69) is 28.6 Å². The maximum Gasteiger partial charge on any atom is 0.411 e.